The van der Waals surface area contributed by atoms with E-state index in [9.17, 15) is 0 Å². The molecule has 0 bridgehead atoms. The highest BCUT2D eigenvalue weighted by Gasteiger charge is 2.13. The summed E-state index contributed by atoms with van der Waals surface area (Å²) < 4.78 is 2.52. The summed E-state index contributed by atoms with van der Waals surface area (Å²) in [6.45, 7) is 4.56. The van der Waals surface area contributed by atoms with Crippen molar-refractivity contribution in [3.8, 4) is 0 Å². The van der Waals surface area contributed by atoms with Crippen molar-refractivity contribution >= 4 is 42.6 Å². The number of hydrogen-bond acceptors (Lipinski definition) is 0. The van der Waals surface area contributed by atoms with Crippen LogP contribution in [-0.2, 0) is 12.8 Å². The number of fused-ring (bicyclic) bond motifs is 1. The third kappa shape index (κ3) is 5.33. The molecule has 2 rings (SSSR count). The van der Waals surface area contributed by atoms with Gasteiger partial charge in [0.25, 0.3) is 0 Å². The van der Waals surface area contributed by atoms with Crippen molar-refractivity contribution in [2.24, 2.45) is 0 Å². The topological polar surface area (TPSA) is 0 Å². The minimum Gasteiger partial charge on any atom is -0.0654 e. The molecule has 0 atom stereocenters. The lowest BCUT2D eigenvalue weighted by Crippen LogP contribution is -1.99. The van der Waals surface area contributed by atoms with Gasteiger partial charge in [-0.15, -0.1) is 0 Å². The number of unbranched alkanes of at least 4 members (excludes halogenated alkanes) is 6. The van der Waals surface area contributed by atoms with Crippen LogP contribution >= 0.6 is 31.9 Å². The van der Waals surface area contributed by atoms with Crippen LogP contribution in [0.25, 0.3) is 10.8 Å². The molecule has 0 spiro atoms. The van der Waals surface area contributed by atoms with Crippen molar-refractivity contribution in [3.05, 3.63) is 44.3 Å². The summed E-state index contributed by atoms with van der Waals surface area (Å²) in [4.78, 5) is 0. The Morgan fingerprint density at radius 3 is 2.08 bits per heavy atom. The zero-order valence-electron chi connectivity index (χ0n) is 15.1. The molecule has 0 nitrogen and oxygen atoms in total. The Morgan fingerprint density at radius 1 is 0.750 bits per heavy atom. The van der Waals surface area contributed by atoms with Crippen LogP contribution in [0.15, 0.2) is 33.2 Å². The molecule has 2 aromatic carbocycles. The second kappa shape index (κ2) is 10.6. The van der Waals surface area contributed by atoms with E-state index in [4.69, 9.17) is 0 Å². The van der Waals surface area contributed by atoms with Crippen molar-refractivity contribution in [1.82, 2.24) is 0 Å². The summed E-state index contributed by atoms with van der Waals surface area (Å²) in [5, 5.41) is 2.68. The highest BCUT2D eigenvalue weighted by atomic mass is 79.9. The van der Waals surface area contributed by atoms with Crippen LogP contribution in [-0.4, -0.2) is 0 Å². The summed E-state index contributed by atoms with van der Waals surface area (Å²) in [7, 11) is 0. The van der Waals surface area contributed by atoms with E-state index < -0.39 is 0 Å². The van der Waals surface area contributed by atoms with Gasteiger partial charge in [-0.05, 0) is 75.6 Å². The number of halogens is 2. The molecule has 0 saturated heterocycles. The lowest BCUT2D eigenvalue weighted by Gasteiger charge is -2.16. The maximum Gasteiger partial charge on any atom is 0.0288 e. The number of aryl methyl sites for hydroxylation is 1. The SMILES string of the molecule is CCCCCCc1cc2c(Br)cccc2c(Br)c1CCCCCC. The Kier molecular flexibility index (Phi) is 8.83. The van der Waals surface area contributed by atoms with Gasteiger partial charge in [0.2, 0.25) is 0 Å². The fourth-order valence-corrected chi connectivity index (χ4v) is 4.68. The summed E-state index contributed by atoms with van der Waals surface area (Å²) in [5.74, 6) is 0. The highest BCUT2D eigenvalue weighted by Crippen LogP contribution is 2.36. The van der Waals surface area contributed by atoms with Gasteiger partial charge in [0.05, 0.1) is 0 Å². The molecule has 0 fully saturated rings. The van der Waals surface area contributed by atoms with Gasteiger partial charge in [-0.2, -0.15) is 0 Å². The molecule has 0 amide bonds. The molecule has 0 aliphatic heterocycles. The van der Waals surface area contributed by atoms with Crippen molar-refractivity contribution in [2.45, 2.75) is 78.1 Å². The minimum absolute atomic E-state index is 1.20. The van der Waals surface area contributed by atoms with Crippen molar-refractivity contribution in [3.63, 3.8) is 0 Å². The van der Waals surface area contributed by atoms with Crippen LogP contribution in [0.5, 0.6) is 0 Å². The van der Waals surface area contributed by atoms with Gasteiger partial charge in [-0.3, -0.25) is 0 Å². The lowest BCUT2D eigenvalue weighted by molar-refractivity contribution is 0.650. The molecule has 2 heteroatoms. The molecule has 0 N–H and O–H groups in total. The third-order valence-corrected chi connectivity index (χ3v) is 6.44. The Bertz CT molecular complexity index is 646. The van der Waals surface area contributed by atoms with E-state index in [0.717, 1.165) is 0 Å². The smallest absolute Gasteiger partial charge is 0.0288 e. The van der Waals surface area contributed by atoms with Gasteiger partial charge in [-0.1, -0.05) is 80.4 Å². The second-order valence-corrected chi connectivity index (χ2v) is 8.43. The Labute approximate surface area is 164 Å². The molecule has 24 heavy (non-hydrogen) atoms. The summed E-state index contributed by atoms with van der Waals surface area (Å²) in [5.41, 5.74) is 3.10. The van der Waals surface area contributed by atoms with Crippen LogP contribution in [0.2, 0.25) is 0 Å². The molecule has 132 valence electrons. The number of hydrogen-bond donors (Lipinski definition) is 0. The van der Waals surface area contributed by atoms with E-state index in [0.29, 0.717) is 0 Å². The van der Waals surface area contributed by atoms with Crippen molar-refractivity contribution in [2.75, 3.05) is 0 Å². The Morgan fingerprint density at radius 2 is 1.42 bits per heavy atom. The number of rotatable bonds is 10. The van der Waals surface area contributed by atoms with Crippen LogP contribution < -0.4 is 0 Å². The Hall–Kier alpha value is -0.340. The maximum atomic E-state index is 3.94. The van der Waals surface area contributed by atoms with Crippen LogP contribution in [0.1, 0.15) is 76.3 Å². The average molecular weight is 454 g/mol. The summed E-state index contributed by atoms with van der Waals surface area (Å²) in [6.07, 6.45) is 13.0. The molecule has 0 aliphatic carbocycles. The molecular formula is C22H30Br2. The van der Waals surface area contributed by atoms with Gasteiger partial charge >= 0.3 is 0 Å². The van der Waals surface area contributed by atoms with Crippen LogP contribution in [0, 0.1) is 0 Å². The first-order valence-electron chi connectivity index (χ1n) is 9.57. The van der Waals surface area contributed by atoms with Gasteiger partial charge < -0.3 is 0 Å². The summed E-state index contributed by atoms with van der Waals surface area (Å²) >= 11 is 7.67. The first kappa shape index (κ1) is 20.0. The van der Waals surface area contributed by atoms with Gasteiger partial charge in [-0.25, -0.2) is 0 Å². The monoisotopic (exact) mass is 452 g/mol. The van der Waals surface area contributed by atoms with Crippen LogP contribution in [0.4, 0.5) is 0 Å². The van der Waals surface area contributed by atoms with Gasteiger partial charge in [0, 0.05) is 8.95 Å². The first-order chi connectivity index (χ1) is 11.7. The first-order valence-corrected chi connectivity index (χ1v) is 11.2. The number of benzene rings is 2. The third-order valence-electron chi connectivity index (χ3n) is 4.84. The fourth-order valence-electron chi connectivity index (χ4n) is 3.40. The van der Waals surface area contributed by atoms with E-state index >= 15 is 0 Å². The quantitative estimate of drug-likeness (QED) is 0.315. The molecule has 0 unspecified atom stereocenters. The molecule has 2 aromatic rings. The zero-order valence-corrected chi connectivity index (χ0v) is 18.3. The normalized spacial score (nSPS) is 11.3. The van der Waals surface area contributed by atoms with Crippen molar-refractivity contribution in [1.29, 1.82) is 0 Å². The Balaban J connectivity index is 2.29. The zero-order chi connectivity index (χ0) is 17.4. The molecule has 0 radical (unpaired) electrons. The predicted molar refractivity (Wildman–Crippen MR) is 115 cm³/mol. The molecule has 0 heterocycles. The lowest BCUT2D eigenvalue weighted by atomic mass is 9.93. The molecular weight excluding hydrogens is 424 g/mol. The van der Waals surface area contributed by atoms with E-state index in [1.807, 2.05) is 0 Å². The van der Waals surface area contributed by atoms with Crippen molar-refractivity contribution < 1.29 is 0 Å². The van der Waals surface area contributed by atoms with E-state index in [2.05, 4.69) is 70.0 Å². The van der Waals surface area contributed by atoms with Gasteiger partial charge in [0.1, 0.15) is 0 Å². The predicted octanol–water partition coefficient (Wildman–Crippen LogP) is 8.61. The van der Waals surface area contributed by atoms with E-state index in [1.165, 1.54) is 83.9 Å². The second-order valence-electron chi connectivity index (χ2n) is 6.78. The molecule has 0 aromatic heterocycles. The highest BCUT2D eigenvalue weighted by molar-refractivity contribution is 9.11. The van der Waals surface area contributed by atoms with Crippen LogP contribution in [0.3, 0.4) is 0 Å². The molecule has 0 aliphatic rings. The summed E-state index contributed by atoms with van der Waals surface area (Å²) in [6, 6.07) is 8.96. The maximum absolute atomic E-state index is 3.94. The van der Waals surface area contributed by atoms with E-state index in [1.54, 1.807) is 11.1 Å². The fraction of sp³-hybridized carbons (Fsp3) is 0.545. The van der Waals surface area contributed by atoms with E-state index in [-0.39, 0.29) is 0 Å². The minimum atomic E-state index is 1.20. The van der Waals surface area contributed by atoms with Gasteiger partial charge in [0.15, 0.2) is 0 Å². The average Bonchev–Trinajstić information content (AvgIpc) is 2.58. The standard InChI is InChI=1S/C22H30Br2/c1-3-5-7-9-12-17-16-20-19(14-11-15-21(20)23)22(24)18(17)13-10-8-6-4-2/h11,14-16H,3-10,12-13H2,1-2H3. The largest absolute Gasteiger partial charge is 0.0654 e. The molecule has 0 saturated carbocycles.